The van der Waals surface area contributed by atoms with E-state index in [9.17, 15) is 0 Å². The van der Waals surface area contributed by atoms with Crippen molar-refractivity contribution in [2.75, 3.05) is 19.8 Å². The second kappa shape index (κ2) is 5.92. The van der Waals surface area contributed by atoms with Crippen molar-refractivity contribution >= 4 is 0 Å². The lowest BCUT2D eigenvalue weighted by Crippen LogP contribution is -2.24. The molecule has 0 radical (unpaired) electrons. The lowest BCUT2D eigenvalue weighted by molar-refractivity contribution is 0.181. The van der Waals surface area contributed by atoms with Gasteiger partial charge in [0.05, 0.1) is 0 Å². The van der Waals surface area contributed by atoms with Gasteiger partial charge in [-0.3, -0.25) is 0 Å². The molecule has 88 valence electrons. The zero-order chi connectivity index (χ0) is 11.2. The molecule has 0 saturated carbocycles. The van der Waals surface area contributed by atoms with E-state index in [4.69, 9.17) is 4.74 Å². The third-order valence-electron chi connectivity index (χ3n) is 3.03. The maximum absolute atomic E-state index is 5.41. The van der Waals surface area contributed by atoms with Gasteiger partial charge >= 0.3 is 0 Å². The van der Waals surface area contributed by atoms with E-state index in [0.717, 1.165) is 26.2 Å². The minimum atomic E-state index is 0.359. The van der Waals surface area contributed by atoms with Crippen molar-refractivity contribution in [2.45, 2.75) is 25.8 Å². The molecule has 2 atom stereocenters. The van der Waals surface area contributed by atoms with Crippen LogP contribution in [0.3, 0.4) is 0 Å². The number of hydrogen-bond acceptors (Lipinski definition) is 4. The molecular weight excluding hydrogens is 202 g/mol. The fourth-order valence-corrected chi connectivity index (χ4v) is 2.18. The SMILES string of the molecule is CCNC(CC1CCOC1)c1cncnc1. The third-order valence-corrected chi connectivity index (χ3v) is 3.03. The second-order valence-electron chi connectivity index (χ2n) is 4.25. The molecule has 0 spiro atoms. The molecule has 1 aromatic heterocycles. The van der Waals surface area contributed by atoms with E-state index >= 15 is 0 Å². The van der Waals surface area contributed by atoms with Crippen molar-refractivity contribution in [3.05, 3.63) is 24.3 Å². The Kier molecular flexibility index (Phi) is 4.25. The molecule has 2 unspecified atom stereocenters. The van der Waals surface area contributed by atoms with Crippen LogP contribution < -0.4 is 5.32 Å². The summed E-state index contributed by atoms with van der Waals surface area (Å²) in [6.07, 6.45) is 7.66. The van der Waals surface area contributed by atoms with Crippen LogP contribution in [0.4, 0.5) is 0 Å². The van der Waals surface area contributed by atoms with E-state index in [1.165, 1.54) is 12.0 Å². The van der Waals surface area contributed by atoms with Gasteiger partial charge in [-0.1, -0.05) is 6.92 Å². The van der Waals surface area contributed by atoms with Crippen LogP contribution in [0.2, 0.25) is 0 Å². The molecule has 0 aliphatic carbocycles. The fraction of sp³-hybridized carbons (Fsp3) is 0.667. The molecule has 1 aromatic rings. The number of nitrogens with zero attached hydrogens (tertiary/aromatic N) is 2. The van der Waals surface area contributed by atoms with E-state index in [0.29, 0.717) is 12.0 Å². The summed E-state index contributed by atoms with van der Waals surface area (Å²) < 4.78 is 5.41. The first-order chi connectivity index (χ1) is 7.90. The molecule has 1 N–H and O–H groups in total. The zero-order valence-corrected chi connectivity index (χ0v) is 9.72. The van der Waals surface area contributed by atoms with E-state index in [1.807, 2.05) is 12.4 Å². The molecule has 4 nitrogen and oxygen atoms in total. The average Bonchev–Trinajstić information content (AvgIpc) is 2.83. The van der Waals surface area contributed by atoms with Crippen LogP contribution in [-0.4, -0.2) is 29.7 Å². The average molecular weight is 221 g/mol. The number of nitrogens with one attached hydrogen (secondary N) is 1. The molecule has 1 fully saturated rings. The fourth-order valence-electron chi connectivity index (χ4n) is 2.18. The molecule has 2 heterocycles. The molecule has 2 rings (SSSR count). The second-order valence-corrected chi connectivity index (χ2v) is 4.25. The van der Waals surface area contributed by atoms with Gasteiger partial charge in [0.15, 0.2) is 0 Å². The van der Waals surface area contributed by atoms with E-state index in [-0.39, 0.29) is 0 Å². The van der Waals surface area contributed by atoms with Crippen LogP contribution in [0.15, 0.2) is 18.7 Å². The summed E-state index contributed by atoms with van der Waals surface area (Å²) in [5.74, 6) is 0.671. The quantitative estimate of drug-likeness (QED) is 0.819. The Hall–Kier alpha value is -1.00. The summed E-state index contributed by atoms with van der Waals surface area (Å²) >= 11 is 0. The third kappa shape index (κ3) is 3.00. The summed E-state index contributed by atoms with van der Waals surface area (Å²) in [7, 11) is 0. The van der Waals surface area contributed by atoms with Crippen LogP contribution in [0.25, 0.3) is 0 Å². The first kappa shape index (κ1) is 11.5. The zero-order valence-electron chi connectivity index (χ0n) is 9.72. The highest BCUT2D eigenvalue weighted by Crippen LogP contribution is 2.25. The first-order valence-electron chi connectivity index (χ1n) is 5.96. The van der Waals surface area contributed by atoms with Crippen LogP contribution in [0.1, 0.15) is 31.4 Å². The van der Waals surface area contributed by atoms with Crippen molar-refractivity contribution in [3.63, 3.8) is 0 Å². The summed E-state index contributed by atoms with van der Waals surface area (Å²) in [4.78, 5) is 8.16. The molecule has 1 saturated heterocycles. The monoisotopic (exact) mass is 221 g/mol. The van der Waals surface area contributed by atoms with Gasteiger partial charge in [0.25, 0.3) is 0 Å². The van der Waals surface area contributed by atoms with E-state index in [2.05, 4.69) is 22.2 Å². The molecule has 1 aliphatic heterocycles. The number of rotatable bonds is 5. The largest absolute Gasteiger partial charge is 0.381 e. The van der Waals surface area contributed by atoms with E-state index in [1.54, 1.807) is 6.33 Å². The molecule has 0 bridgehead atoms. The Morgan fingerprint density at radius 2 is 2.31 bits per heavy atom. The highest BCUT2D eigenvalue weighted by atomic mass is 16.5. The van der Waals surface area contributed by atoms with Crippen molar-refractivity contribution in [1.29, 1.82) is 0 Å². The highest BCUT2D eigenvalue weighted by molar-refractivity contribution is 5.09. The van der Waals surface area contributed by atoms with Crippen LogP contribution in [0.5, 0.6) is 0 Å². The Morgan fingerprint density at radius 1 is 1.50 bits per heavy atom. The maximum atomic E-state index is 5.41. The first-order valence-corrected chi connectivity index (χ1v) is 5.96. The van der Waals surface area contributed by atoms with E-state index < -0.39 is 0 Å². The minimum absolute atomic E-state index is 0.359. The Balaban J connectivity index is 1.99. The maximum Gasteiger partial charge on any atom is 0.115 e. The predicted molar refractivity (Wildman–Crippen MR) is 62.0 cm³/mol. The summed E-state index contributed by atoms with van der Waals surface area (Å²) in [5.41, 5.74) is 1.18. The predicted octanol–water partition coefficient (Wildman–Crippen LogP) is 1.55. The molecule has 0 amide bonds. The van der Waals surface area contributed by atoms with Crippen LogP contribution >= 0.6 is 0 Å². The number of hydrogen-bond donors (Lipinski definition) is 1. The normalized spacial score (nSPS) is 22.2. The Labute approximate surface area is 96.4 Å². The molecular formula is C12H19N3O. The molecule has 1 aliphatic rings. The van der Waals surface area contributed by atoms with Gasteiger partial charge in [-0.05, 0) is 25.3 Å². The Bertz CT molecular complexity index is 298. The number of aromatic nitrogens is 2. The van der Waals surface area contributed by atoms with Crippen molar-refractivity contribution in [2.24, 2.45) is 5.92 Å². The standard InChI is InChI=1S/C12H19N3O/c1-2-15-12(5-10-3-4-16-8-10)11-6-13-9-14-7-11/h6-7,9-10,12,15H,2-5,8H2,1H3. The van der Waals surface area contributed by atoms with Crippen LogP contribution in [0, 0.1) is 5.92 Å². The highest BCUT2D eigenvalue weighted by Gasteiger charge is 2.21. The van der Waals surface area contributed by atoms with Gasteiger partial charge in [-0.2, -0.15) is 0 Å². The molecule has 4 heteroatoms. The van der Waals surface area contributed by atoms with Gasteiger partial charge in [-0.25, -0.2) is 9.97 Å². The molecule has 0 aromatic carbocycles. The molecule has 16 heavy (non-hydrogen) atoms. The minimum Gasteiger partial charge on any atom is -0.381 e. The van der Waals surface area contributed by atoms with Gasteiger partial charge in [-0.15, -0.1) is 0 Å². The topological polar surface area (TPSA) is 47.0 Å². The smallest absolute Gasteiger partial charge is 0.115 e. The van der Waals surface area contributed by atoms with Crippen molar-refractivity contribution < 1.29 is 4.74 Å². The van der Waals surface area contributed by atoms with Crippen molar-refractivity contribution in [1.82, 2.24) is 15.3 Å². The van der Waals surface area contributed by atoms with Crippen LogP contribution in [-0.2, 0) is 4.74 Å². The summed E-state index contributed by atoms with van der Waals surface area (Å²) in [6, 6.07) is 0.359. The summed E-state index contributed by atoms with van der Waals surface area (Å²) in [6.45, 7) is 4.90. The van der Waals surface area contributed by atoms with Crippen molar-refractivity contribution in [3.8, 4) is 0 Å². The number of ether oxygens (including phenoxy) is 1. The Morgan fingerprint density at radius 3 is 2.94 bits per heavy atom. The van der Waals surface area contributed by atoms with Gasteiger partial charge in [0, 0.05) is 37.2 Å². The lowest BCUT2D eigenvalue weighted by atomic mass is 9.95. The van der Waals surface area contributed by atoms with Gasteiger partial charge in [0.1, 0.15) is 6.33 Å². The van der Waals surface area contributed by atoms with Gasteiger partial charge < -0.3 is 10.1 Å². The lowest BCUT2D eigenvalue weighted by Gasteiger charge is -2.20. The van der Waals surface area contributed by atoms with Gasteiger partial charge in [0.2, 0.25) is 0 Å². The summed E-state index contributed by atoms with van der Waals surface area (Å²) in [5, 5.41) is 3.49.